The first kappa shape index (κ1) is 14.1. The normalized spacial score (nSPS) is 32.3. The quantitative estimate of drug-likeness (QED) is 0.660. The highest BCUT2D eigenvalue weighted by Gasteiger charge is 2.39. The first-order chi connectivity index (χ1) is 8.99. The lowest BCUT2D eigenvalue weighted by Gasteiger charge is -2.26. The number of β-amino-alcohol motifs (C(OH)–C–C–N with tert-alkyl or cyclic N) is 1. The molecule has 2 heterocycles. The molecule has 19 heavy (non-hydrogen) atoms. The Hall–Kier alpha value is -1.34. The predicted molar refractivity (Wildman–Crippen MR) is 65.7 cm³/mol. The molecule has 2 fully saturated rings. The zero-order valence-corrected chi connectivity index (χ0v) is 10.9. The third-order valence-electron chi connectivity index (χ3n) is 3.70. The average Bonchev–Trinajstić information content (AvgIpc) is 2.96. The monoisotopic (exact) mass is 272 g/mol. The molecule has 0 bridgehead atoms. The predicted octanol–water partition coefficient (Wildman–Crippen LogP) is -0.217. The van der Waals surface area contributed by atoms with Crippen molar-refractivity contribution < 1.29 is 24.5 Å². The van der Waals surface area contributed by atoms with Crippen LogP contribution in [0.5, 0.6) is 0 Å². The standard InChI is InChI=1S/C12H20N2O5/c1-7(10-3-2-4-19-10)13-12(18)14-6-8(15)5-9(14)11(16)17/h7-10,15H,2-6H2,1H3,(H,13,18)(H,16,17)/t7?,8-,9-,10?/m1/s1. The lowest BCUT2D eigenvalue weighted by Crippen LogP contribution is -2.51. The molecule has 7 nitrogen and oxygen atoms in total. The second-order valence-electron chi connectivity index (χ2n) is 5.19. The Bertz CT molecular complexity index is 356. The Labute approximate surface area is 111 Å². The van der Waals surface area contributed by atoms with Gasteiger partial charge in [-0.15, -0.1) is 0 Å². The number of nitrogens with zero attached hydrogens (tertiary/aromatic N) is 1. The number of carboxylic acid groups (broad SMARTS) is 1. The molecule has 0 aromatic carbocycles. The maximum Gasteiger partial charge on any atom is 0.326 e. The van der Waals surface area contributed by atoms with E-state index in [0.29, 0.717) is 6.61 Å². The van der Waals surface area contributed by atoms with Crippen molar-refractivity contribution in [1.29, 1.82) is 0 Å². The van der Waals surface area contributed by atoms with Gasteiger partial charge in [0.05, 0.1) is 18.2 Å². The van der Waals surface area contributed by atoms with Gasteiger partial charge in [0, 0.05) is 19.6 Å². The summed E-state index contributed by atoms with van der Waals surface area (Å²) in [6, 6.07) is -1.57. The number of urea groups is 1. The Morgan fingerprint density at radius 3 is 2.79 bits per heavy atom. The van der Waals surface area contributed by atoms with Crippen molar-refractivity contribution in [2.75, 3.05) is 13.2 Å². The summed E-state index contributed by atoms with van der Waals surface area (Å²) >= 11 is 0. The molecule has 2 aliphatic heterocycles. The molecule has 7 heteroatoms. The number of carbonyl (C=O) groups excluding carboxylic acids is 1. The number of ether oxygens (including phenoxy) is 1. The number of aliphatic hydroxyl groups is 1. The maximum absolute atomic E-state index is 12.1. The van der Waals surface area contributed by atoms with E-state index in [9.17, 15) is 14.7 Å². The highest BCUT2D eigenvalue weighted by atomic mass is 16.5. The number of hydrogen-bond acceptors (Lipinski definition) is 4. The second-order valence-corrected chi connectivity index (χ2v) is 5.19. The summed E-state index contributed by atoms with van der Waals surface area (Å²) in [5.74, 6) is -1.09. The van der Waals surface area contributed by atoms with Crippen LogP contribution in [0.15, 0.2) is 0 Å². The summed E-state index contributed by atoms with van der Waals surface area (Å²) in [6.07, 6.45) is 1.17. The minimum absolute atomic E-state index is 0.0141. The van der Waals surface area contributed by atoms with Crippen molar-refractivity contribution in [1.82, 2.24) is 10.2 Å². The van der Waals surface area contributed by atoms with Crippen molar-refractivity contribution in [3.05, 3.63) is 0 Å². The van der Waals surface area contributed by atoms with Crippen molar-refractivity contribution in [3.8, 4) is 0 Å². The molecular weight excluding hydrogens is 252 g/mol. The van der Waals surface area contributed by atoms with Crippen LogP contribution in [-0.2, 0) is 9.53 Å². The molecular formula is C12H20N2O5. The SMILES string of the molecule is CC(NC(=O)N1C[C@H](O)C[C@@H]1C(=O)O)C1CCCO1. The van der Waals surface area contributed by atoms with Gasteiger partial charge in [-0.25, -0.2) is 9.59 Å². The van der Waals surface area contributed by atoms with Crippen LogP contribution >= 0.6 is 0 Å². The summed E-state index contributed by atoms with van der Waals surface area (Å²) < 4.78 is 5.47. The number of carbonyl (C=O) groups is 2. The fourth-order valence-corrected chi connectivity index (χ4v) is 2.64. The van der Waals surface area contributed by atoms with Gasteiger partial charge in [0.1, 0.15) is 6.04 Å². The fraction of sp³-hybridized carbons (Fsp3) is 0.833. The van der Waals surface area contributed by atoms with Crippen LogP contribution in [0.25, 0.3) is 0 Å². The molecule has 0 aromatic heterocycles. The van der Waals surface area contributed by atoms with Gasteiger partial charge in [-0.05, 0) is 19.8 Å². The Morgan fingerprint density at radius 1 is 1.47 bits per heavy atom. The van der Waals surface area contributed by atoms with E-state index in [1.54, 1.807) is 0 Å². The van der Waals surface area contributed by atoms with Crippen LogP contribution in [0.2, 0.25) is 0 Å². The molecule has 0 saturated carbocycles. The maximum atomic E-state index is 12.1. The van der Waals surface area contributed by atoms with Gasteiger partial charge in [-0.3, -0.25) is 0 Å². The van der Waals surface area contributed by atoms with Crippen LogP contribution in [0.3, 0.4) is 0 Å². The molecule has 2 amide bonds. The van der Waals surface area contributed by atoms with Crippen molar-refractivity contribution >= 4 is 12.0 Å². The van der Waals surface area contributed by atoms with Crippen LogP contribution in [-0.4, -0.2) is 64.6 Å². The van der Waals surface area contributed by atoms with Gasteiger partial charge in [0.25, 0.3) is 0 Å². The highest BCUT2D eigenvalue weighted by molar-refractivity contribution is 5.83. The van der Waals surface area contributed by atoms with Crippen LogP contribution in [0.1, 0.15) is 26.2 Å². The summed E-state index contributed by atoms with van der Waals surface area (Å²) in [5.41, 5.74) is 0. The van der Waals surface area contributed by atoms with E-state index < -0.39 is 24.1 Å². The molecule has 2 rings (SSSR count). The highest BCUT2D eigenvalue weighted by Crippen LogP contribution is 2.20. The van der Waals surface area contributed by atoms with Crippen molar-refractivity contribution in [3.63, 3.8) is 0 Å². The third-order valence-corrected chi connectivity index (χ3v) is 3.70. The lowest BCUT2D eigenvalue weighted by atomic mass is 10.1. The van der Waals surface area contributed by atoms with E-state index >= 15 is 0 Å². The Morgan fingerprint density at radius 2 is 2.21 bits per heavy atom. The third kappa shape index (κ3) is 3.16. The minimum atomic E-state index is -1.09. The molecule has 3 N–H and O–H groups in total. The second kappa shape index (κ2) is 5.75. The van der Waals surface area contributed by atoms with E-state index in [1.165, 1.54) is 4.90 Å². The summed E-state index contributed by atoms with van der Waals surface area (Å²) in [6.45, 7) is 2.60. The molecule has 108 valence electrons. The minimum Gasteiger partial charge on any atom is -0.480 e. The van der Waals surface area contributed by atoms with Gasteiger partial charge in [0.2, 0.25) is 0 Å². The number of nitrogens with one attached hydrogen (secondary N) is 1. The number of aliphatic carboxylic acids is 1. The smallest absolute Gasteiger partial charge is 0.326 e. The zero-order chi connectivity index (χ0) is 14.0. The molecule has 2 aliphatic rings. The molecule has 0 aliphatic carbocycles. The van der Waals surface area contributed by atoms with Gasteiger partial charge >= 0.3 is 12.0 Å². The zero-order valence-electron chi connectivity index (χ0n) is 10.9. The average molecular weight is 272 g/mol. The number of hydrogen-bond donors (Lipinski definition) is 3. The molecule has 0 aromatic rings. The number of carboxylic acids is 1. The molecule has 4 atom stereocenters. The van der Waals surface area contributed by atoms with Gasteiger partial charge in [-0.2, -0.15) is 0 Å². The number of likely N-dealkylation sites (tertiary alicyclic amines) is 1. The van der Waals surface area contributed by atoms with E-state index in [2.05, 4.69) is 5.32 Å². The lowest BCUT2D eigenvalue weighted by molar-refractivity contribution is -0.141. The molecule has 2 saturated heterocycles. The summed E-state index contributed by atoms with van der Waals surface area (Å²) in [7, 11) is 0. The number of aliphatic hydroxyl groups excluding tert-OH is 1. The fourth-order valence-electron chi connectivity index (χ4n) is 2.64. The first-order valence-corrected chi connectivity index (χ1v) is 6.58. The van der Waals surface area contributed by atoms with Gasteiger partial charge < -0.3 is 25.2 Å². The van der Waals surface area contributed by atoms with E-state index in [0.717, 1.165) is 12.8 Å². The Balaban J connectivity index is 1.92. The van der Waals surface area contributed by atoms with E-state index in [-0.39, 0.29) is 25.1 Å². The van der Waals surface area contributed by atoms with Crippen molar-refractivity contribution in [2.45, 2.75) is 50.5 Å². The summed E-state index contributed by atoms with van der Waals surface area (Å²) in [5, 5.41) is 21.3. The van der Waals surface area contributed by atoms with Crippen LogP contribution in [0, 0.1) is 0 Å². The van der Waals surface area contributed by atoms with Gasteiger partial charge in [-0.1, -0.05) is 0 Å². The van der Waals surface area contributed by atoms with E-state index in [4.69, 9.17) is 9.84 Å². The number of rotatable bonds is 3. The van der Waals surface area contributed by atoms with Crippen LogP contribution < -0.4 is 5.32 Å². The topological polar surface area (TPSA) is 99.1 Å². The van der Waals surface area contributed by atoms with Crippen molar-refractivity contribution in [2.24, 2.45) is 0 Å². The molecule has 2 unspecified atom stereocenters. The number of amides is 2. The Kier molecular flexibility index (Phi) is 4.26. The first-order valence-electron chi connectivity index (χ1n) is 6.58. The molecule has 0 radical (unpaired) electrons. The largest absolute Gasteiger partial charge is 0.480 e. The van der Waals surface area contributed by atoms with Gasteiger partial charge in [0.15, 0.2) is 0 Å². The van der Waals surface area contributed by atoms with Crippen LogP contribution in [0.4, 0.5) is 4.79 Å². The van der Waals surface area contributed by atoms with E-state index in [1.807, 2.05) is 6.92 Å². The summed E-state index contributed by atoms with van der Waals surface area (Å²) in [4.78, 5) is 24.3. The molecule has 0 spiro atoms.